The third-order valence-corrected chi connectivity index (χ3v) is 6.06. The quantitative estimate of drug-likeness (QED) is 0.844. The van der Waals surface area contributed by atoms with Crippen LogP contribution in [0.2, 0.25) is 0 Å². The third-order valence-electron chi connectivity index (χ3n) is 4.31. The van der Waals surface area contributed by atoms with Crippen LogP contribution in [-0.4, -0.2) is 35.4 Å². The molecule has 1 unspecified atom stereocenters. The average molecular weight is 348 g/mol. The first-order valence-electron chi connectivity index (χ1n) is 7.69. The molecule has 1 amide bonds. The molecule has 1 aromatic carbocycles. The maximum atomic E-state index is 12.9. The van der Waals surface area contributed by atoms with Crippen LogP contribution in [0.1, 0.15) is 29.4 Å². The Labute approximate surface area is 145 Å². The van der Waals surface area contributed by atoms with Crippen LogP contribution in [0.4, 0.5) is 0 Å². The van der Waals surface area contributed by atoms with Crippen LogP contribution in [0.15, 0.2) is 40.1 Å². The summed E-state index contributed by atoms with van der Waals surface area (Å²) in [5.41, 5.74) is 9.59. The summed E-state index contributed by atoms with van der Waals surface area (Å²) in [4.78, 5) is 20.2. The number of likely N-dealkylation sites (tertiary alicyclic amines) is 1. The Balaban J connectivity index is 1.73. The third kappa shape index (κ3) is 3.76. The summed E-state index contributed by atoms with van der Waals surface area (Å²) < 4.78 is 0. The van der Waals surface area contributed by atoms with E-state index in [0.29, 0.717) is 6.54 Å². The Hall–Kier alpha value is -1.37. The summed E-state index contributed by atoms with van der Waals surface area (Å²) in [7, 11) is 0. The molecule has 2 aromatic rings. The minimum atomic E-state index is 0.0539. The van der Waals surface area contributed by atoms with Crippen LogP contribution in [-0.2, 0) is 5.75 Å². The number of amides is 1. The lowest BCUT2D eigenvalue weighted by Gasteiger charge is -2.23. The summed E-state index contributed by atoms with van der Waals surface area (Å²) >= 11 is 3.27. The number of thioether (sulfide) groups is 1. The number of nitrogens with zero attached hydrogens (tertiary/aromatic N) is 2. The van der Waals surface area contributed by atoms with Gasteiger partial charge in [-0.3, -0.25) is 4.79 Å². The Morgan fingerprint density at radius 1 is 1.48 bits per heavy atom. The van der Waals surface area contributed by atoms with Gasteiger partial charge in [0.2, 0.25) is 0 Å². The predicted octanol–water partition coefficient (Wildman–Crippen LogP) is 3.25. The molecule has 1 fully saturated rings. The molecular formula is C17H21N3OS2. The highest BCUT2D eigenvalue weighted by atomic mass is 32.2. The zero-order chi connectivity index (χ0) is 16.3. The Kier molecular flexibility index (Phi) is 5.04. The van der Waals surface area contributed by atoms with Crippen molar-refractivity contribution in [2.24, 2.45) is 11.1 Å². The molecule has 1 aliphatic rings. The number of thiazole rings is 1. The second-order valence-corrected chi connectivity index (χ2v) is 7.99. The van der Waals surface area contributed by atoms with Gasteiger partial charge in [0.15, 0.2) is 0 Å². The molecule has 0 aliphatic carbocycles. The highest BCUT2D eigenvalue weighted by Crippen LogP contribution is 2.32. The van der Waals surface area contributed by atoms with Gasteiger partial charge in [-0.2, -0.15) is 0 Å². The van der Waals surface area contributed by atoms with Crippen LogP contribution < -0.4 is 5.73 Å². The van der Waals surface area contributed by atoms with E-state index in [1.807, 2.05) is 40.1 Å². The molecule has 1 aromatic heterocycles. The van der Waals surface area contributed by atoms with Crippen LogP contribution >= 0.6 is 23.1 Å². The van der Waals surface area contributed by atoms with E-state index >= 15 is 0 Å². The van der Waals surface area contributed by atoms with E-state index in [-0.39, 0.29) is 11.3 Å². The minimum absolute atomic E-state index is 0.0539. The number of rotatable bonds is 5. The smallest absolute Gasteiger partial charge is 0.255 e. The van der Waals surface area contributed by atoms with E-state index in [2.05, 4.69) is 11.9 Å². The van der Waals surface area contributed by atoms with Crippen LogP contribution in [0.3, 0.4) is 0 Å². The molecule has 23 heavy (non-hydrogen) atoms. The minimum Gasteiger partial charge on any atom is -0.338 e. The summed E-state index contributed by atoms with van der Waals surface area (Å²) in [5.74, 6) is 0.900. The Morgan fingerprint density at radius 2 is 2.30 bits per heavy atom. The maximum absolute atomic E-state index is 12.9. The number of benzene rings is 1. The van der Waals surface area contributed by atoms with Crippen molar-refractivity contribution in [2.45, 2.75) is 24.0 Å². The molecule has 1 saturated heterocycles. The molecule has 0 saturated carbocycles. The second-order valence-electron chi connectivity index (χ2n) is 6.26. The molecule has 0 bridgehead atoms. The molecule has 0 spiro atoms. The average Bonchev–Trinajstić information content (AvgIpc) is 3.23. The van der Waals surface area contributed by atoms with Gasteiger partial charge in [0, 0.05) is 29.1 Å². The highest BCUT2D eigenvalue weighted by Gasteiger charge is 2.35. The van der Waals surface area contributed by atoms with E-state index in [1.165, 1.54) is 0 Å². The molecule has 2 heterocycles. The number of hydrogen-bond acceptors (Lipinski definition) is 5. The monoisotopic (exact) mass is 347 g/mol. The van der Waals surface area contributed by atoms with Crippen molar-refractivity contribution in [3.63, 3.8) is 0 Å². The molecule has 3 rings (SSSR count). The van der Waals surface area contributed by atoms with E-state index < -0.39 is 0 Å². The van der Waals surface area contributed by atoms with Crippen molar-refractivity contribution in [2.75, 3.05) is 19.6 Å². The van der Waals surface area contributed by atoms with Gasteiger partial charge >= 0.3 is 0 Å². The number of hydrogen-bond donors (Lipinski definition) is 1. The van der Waals surface area contributed by atoms with Crippen molar-refractivity contribution in [3.8, 4) is 0 Å². The normalized spacial score (nSPS) is 20.9. The van der Waals surface area contributed by atoms with Gasteiger partial charge in [-0.1, -0.05) is 19.1 Å². The van der Waals surface area contributed by atoms with Crippen LogP contribution in [0.5, 0.6) is 0 Å². The number of carbonyl (C=O) groups is 1. The van der Waals surface area contributed by atoms with Gasteiger partial charge in [-0.15, -0.1) is 23.1 Å². The number of aromatic nitrogens is 1. The first-order valence-corrected chi connectivity index (χ1v) is 9.62. The molecule has 0 radical (unpaired) electrons. The predicted molar refractivity (Wildman–Crippen MR) is 95.8 cm³/mol. The van der Waals surface area contributed by atoms with E-state index in [4.69, 9.17) is 5.73 Å². The maximum Gasteiger partial charge on any atom is 0.255 e. The number of nitrogens with two attached hydrogens (primary N) is 1. The zero-order valence-corrected chi connectivity index (χ0v) is 14.8. The summed E-state index contributed by atoms with van der Waals surface area (Å²) in [6.45, 7) is 4.31. The molecule has 1 aliphatic heterocycles. The fraction of sp³-hybridized carbons (Fsp3) is 0.412. The molecule has 1 atom stereocenters. The van der Waals surface area contributed by atoms with Gasteiger partial charge in [0.05, 0.1) is 16.8 Å². The van der Waals surface area contributed by atoms with Gasteiger partial charge in [-0.05, 0) is 30.5 Å². The van der Waals surface area contributed by atoms with Crippen molar-refractivity contribution in [1.29, 1.82) is 0 Å². The fourth-order valence-corrected chi connectivity index (χ4v) is 4.37. The van der Waals surface area contributed by atoms with Crippen molar-refractivity contribution >= 4 is 29.0 Å². The molecule has 2 N–H and O–H groups in total. The van der Waals surface area contributed by atoms with Gasteiger partial charge in [0.1, 0.15) is 0 Å². The summed E-state index contributed by atoms with van der Waals surface area (Å²) in [6.07, 6.45) is 0.976. The van der Waals surface area contributed by atoms with Gasteiger partial charge in [-0.25, -0.2) is 4.98 Å². The van der Waals surface area contributed by atoms with E-state index in [9.17, 15) is 4.79 Å². The number of carbonyl (C=O) groups excluding carboxylic acids is 1. The van der Waals surface area contributed by atoms with Gasteiger partial charge in [0.25, 0.3) is 5.91 Å². The first kappa shape index (κ1) is 16.5. The zero-order valence-electron chi connectivity index (χ0n) is 13.2. The summed E-state index contributed by atoms with van der Waals surface area (Å²) in [5, 5.41) is 2.05. The van der Waals surface area contributed by atoms with Crippen molar-refractivity contribution in [1.82, 2.24) is 9.88 Å². The van der Waals surface area contributed by atoms with E-state index in [0.717, 1.165) is 41.4 Å². The van der Waals surface area contributed by atoms with Gasteiger partial charge < -0.3 is 10.6 Å². The Bertz CT molecular complexity index is 674. The highest BCUT2D eigenvalue weighted by molar-refractivity contribution is 7.98. The molecular weight excluding hydrogens is 326 g/mol. The largest absolute Gasteiger partial charge is 0.338 e. The van der Waals surface area contributed by atoms with E-state index in [1.54, 1.807) is 23.1 Å². The molecule has 4 nitrogen and oxygen atoms in total. The van der Waals surface area contributed by atoms with Crippen LogP contribution in [0.25, 0.3) is 0 Å². The lowest BCUT2D eigenvalue weighted by atomic mass is 9.90. The lowest BCUT2D eigenvalue weighted by molar-refractivity contribution is 0.0773. The Morgan fingerprint density at radius 3 is 3.00 bits per heavy atom. The van der Waals surface area contributed by atoms with Crippen molar-refractivity contribution in [3.05, 3.63) is 46.4 Å². The SMILES string of the molecule is CC1(CN)CCN(C(=O)c2ccccc2SCc2cscn2)C1. The molecule has 122 valence electrons. The lowest BCUT2D eigenvalue weighted by Crippen LogP contribution is -2.34. The molecule has 6 heteroatoms. The van der Waals surface area contributed by atoms with Crippen molar-refractivity contribution < 1.29 is 4.79 Å². The first-order chi connectivity index (χ1) is 11.1. The standard InChI is InChI=1S/C17H21N3OS2/c1-17(10-18)6-7-20(11-17)16(21)14-4-2-3-5-15(14)23-9-13-8-22-12-19-13/h2-5,8,12H,6-7,9-11,18H2,1H3. The topological polar surface area (TPSA) is 59.2 Å². The second kappa shape index (κ2) is 7.03. The summed E-state index contributed by atoms with van der Waals surface area (Å²) in [6, 6.07) is 7.85. The fourth-order valence-electron chi connectivity index (χ4n) is 2.76. The van der Waals surface area contributed by atoms with Crippen LogP contribution in [0, 0.1) is 5.41 Å².